The molecule has 8 N–H and O–H groups in total. The number of carbonyl (C=O) groups excluding carboxylic acids is 2. The predicted octanol–water partition coefficient (Wildman–Crippen LogP) is -0.286. The van der Waals surface area contributed by atoms with Gasteiger partial charge in [-0.05, 0) is 45.4 Å². The van der Waals surface area contributed by atoms with Gasteiger partial charge in [-0.25, -0.2) is 14.4 Å². The summed E-state index contributed by atoms with van der Waals surface area (Å²) in [5, 5.41) is 51.3. The van der Waals surface area contributed by atoms with E-state index in [1.807, 2.05) is 0 Å². The molecule has 13 heteroatoms. The summed E-state index contributed by atoms with van der Waals surface area (Å²) in [5.41, 5.74) is 4.42. The van der Waals surface area contributed by atoms with Crippen molar-refractivity contribution < 1.29 is 59.3 Å². The van der Waals surface area contributed by atoms with Gasteiger partial charge in [-0.1, -0.05) is 6.07 Å². The van der Waals surface area contributed by atoms with E-state index >= 15 is 0 Å². The number of benzene rings is 1. The Morgan fingerprint density at radius 2 is 1.32 bits per heavy atom. The highest BCUT2D eigenvalue weighted by Crippen LogP contribution is 2.27. The van der Waals surface area contributed by atoms with Crippen LogP contribution in [0, 0.1) is 5.41 Å². The Morgan fingerprint density at radius 3 is 1.71 bits per heavy atom. The molecule has 192 valence electrons. The molecule has 1 rings (SSSR count). The molecule has 0 aliphatic carbocycles. The van der Waals surface area contributed by atoms with Gasteiger partial charge in [0.05, 0.1) is 5.41 Å². The zero-order valence-corrected chi connectivity index (χ0v) is 19.4. The standard InChI is InChI=1S/C17H25NO6.C4H6O6/c1-10(23-14(21)16(2,3)4)24-15(22)17(5,18)9-11-6-7-12(19)13(20)8-11;5-1(3(7)8)2(6)4(9)10/h6-8,10,19-20H,9,18H2,1-5H3;1-2,5-6H,(H,7,8)(H,9,10)/t10?,17-;1-,2-/m01/s1. The summed E-state index contributed by atoms with van der Waals surface area (Å²) in [6.07, 6.45) is -5.53. The minimum Gasteiger partial charge on any atom is -0.504 e. The number of phenolic OH excluding ortho intramolecular Hbond substituents is 2. The molecule has 0 aliphatic heterocycles. The summed E-state index contributed by atoms with van der Waals surface area (Å²) < 4.78 is 10.1. The summed E-state index contributed by atoms with van der Waals surface area (Å²) in [6.45, 7) is 7.97. The van der Waals surface area contributed by atoms with E-state index in [2.05, 4.69) is 0 Å². The molecule has 0 amide bonds. The number of phenols is 2. The molecular formula is C21H31NO12. The lowest BCUT2D eigenvalue weighted by molar-refractivity contribution is -0.193. The zero-order chi connectivity index (χ0) is 27.0. The Bertz CT molecular complexity index is 872. The van der Waals surface area contributed by atoms with Gasteiger partial charge in [0.15, 0.2) is 23.7 Å². The first-order valence-corrected chi connectivity index (χ1v) is 9.83. The number of hydrogen-bond acceptors (Lipinski definition) is 11. The number of carboxylic acids is 2. The Hall–Kier alpha value is -3.42. The highest BCUT2D eigenvalue weighted by atomic mass is 16.7. The highest BCUT2D eigenvalue weighted by Gasteiger charge is 2.34. The molecule has 0 saturated carbocycles. The SMILES string of the molecule is CC(OC(=O)C(C)(C)C)OC(=O)[C@@](C)(N)Cc1ccc(O)c(O)c1.O=C(O)[C@H](O)[C@@H](O)C(=O)O. The number of nitrogens with two attached hydrogens (primary N) is 1. The molecule has 0 bridgehead atoms. The number of carboxylic acid groups (broad SMARTS) is 2. The van der Waals surface area contributed by atoms with Gasteiger partial charge in [0.1, 0.15) is 5.54 Å². The fourth-order valence-corrected chi connectivity index (χ4v) is 2.08. The smallest absolute Gasteiger partial charge is 0.335 e. The van der Waals surface area contributed by atoms with Gasteiger partial charge in [-0.15, -0.1) is 0 Å². The van der Waals surface area contributed by atoms with Crippen LogP contribution in [-0.4, -0.2) is 78.6 Å². The van der Waals surface area contributed by atoms with Crippen molar-refractivity contribution in [3.8, 4) is 11.5 Å². The number of aliphatic hydroxyl groups excluding tert-OH is 2. The Labute approximate surface area is 195 Å². The van der Waals surface area contributed by atoms with Gasteiger partial charge in [-0.3, -0.25) is 4.79 Å². The van der Waals surface area contributed by atoms with Crippen LogP contribution in [0.2, 0.25) is 0 Å². The molecular weight excluding hydrogens is 458 g/mol. The quantitative estimate of drug-likeness (QED) is 0.141. The molecule has 0 fully saturated rings. The van der Waals surface area contributed by atoms with Gasteiger partial charge in [0, 0.05) is 13.3 Å². The number of esters is 2. The molecule has 1 unspecified atom stereocenters. The minimum absolute atomic E-state index is 0.0691. The largest absolute Gasteiger partial charge is 0.504 e. The maximum absolute atomic E-state index is 12.2. The second-order valence-electron chi connectivity index (χ2n) is 8.61. The van der Waals surface area contributed by atoms with Gasteiger partial charge in [-0.2, -0.15) is 0 Å². The molecule has 34 heavy (non-hydrogen) atoms. The lowest BCUT2D eigenvalue weighted by atomic mass is 9.94. The van der Waals surface area contributed by atoms with Crippen molar-refractivity contribution >= 4 is 23.9 Å². The summed E-state index contributed by atoms with van der Waals surface area (Å²) in [4.78, 5) is 43.5. The molecule has 0 radical (unpaired) electrons. The van der Waals surface area contributed by atoms with Crippen molar-refractivity contribution in [2.75, 3.05) is 0 Å². The lowest BCUT2D eigenvalue weighted by Gasteiger charge is -2.26. The van der Waals surface area contributed by atoms with Crippen LogP contribution in [0.3, 0.4) is 0 Å². The van der Waals surface area contributed by atoms with E-state index in [1.54, 1.807) is 20.8 Å². The number of aliphatic carboxylic acids is 2. The molecule has 1 aromatic carbocycles. The van der Waals surface area contributed by atoms with Crippen LogP contribution >= 0.6 is 0 Å². The van der Waals surface area contributed by atoms with Crippen LogP contribution in [0.1, 0.15) is 40.2 Å². The van der Waals surface area contributed by atoms with Crippen molar-refractivity contribution in [3.63, 3.8) is 0 Å². The second kappa shape index (κ2) is 12.2. The maximum atomic E-state index is 12.2. The fourth-order valence-electron chi connectivity index (χ4n) is 2.08. The second-order valence-corrected chi connectivity index (χ2v) is 8.61. The average molecular weight is 489 g/mol. The maximum Gasteiger partial charge on any atom is 0.335 e. The highest BCUT2D eigenvalue weighted by molar-refractivity contribution is 5.83. The molecule has 0 saturated heterocycles. The molecule has 13 nitrogen and oxygen atoms in total. The minimum atomic E-state index is -2.27. The zero-order valence-electron chi connectivity index (χ0n) is 19.4. The topological polar surface area (TPSA) is 234 Å². The molecule has 0 heterocycles. The Balaban J connectivity index is 0.000000916. The number of carbonyl (C=O) groups is 4. The normalized spacial score (nSPS) is 15.4. The summed E-state index contributed by atoms with van der Waals surface area (Å²) in [7, 11) is 0. The molecule has 4 atom stereocenters. The van der Waals surface area contributed by atoms with E-state index in [0.29, 0.717) is 5.56 Å². The van der Waals surface area contributed by atoms with Crippen molar-refractivity contribution in [2.45, 2.75) is 65.1 Å². The van der Waals surface area contributed by atoms with Crippen LogP contribution in [0.25, 0.3) is 0 Å². The number of ether oxygens (including phenoxy) is 2. The Morgan fingerprint density at radius 1 is 0.882 bits per heavy atom. The third kappa shape index (κ3) is 10.0. The lowest BCUT2D eigenvalue weighted by Crippen LogP contribution is -2.49. The van der Waals surface area contributed by atoms with Crippen molar-refractivity contribution in [1.82, 2.24) is 0 Å². The molecule has 0 spiro atoms. The summed E-state index contributed by atoms with van der Waals surface area (Å²) >= 11 is 0. The monoisotopic (exact) mass is 489 g/mol. The predicted molar refractivity (Wildman–Crippen MR) is 114 cm³/mol. The van der Waals surface area contributed by atoms with Gasteiger partial charge in [0.2, 0.25) is 6.29 Å². The number of aliphatic hydroxyl groups is 2. The van der Waals surface area contributed by atoms with Crippen LogP contribution in [0.4, 0.5) is 0 Å². The van der Waals surface area contributed by atoms with E-state index in [9.17, 15) is 29.4 Å². The fraction of sp³-hybridized carbons (Fsp3) is 0.524. The van der Waals surface area contributed by atoms with Crippen molar-refractivity contribution in [2.24, 2.45) is 11.1 Å². The van der Waals surface area contributed by atoms with Crippen LogP contribution in [0.15, 0.2) is 18.2 Å². The van der Waals surface area contributed by atoms with Gasteiger partial charge >= 0.3 is 23.9 Å². The third-order valence-corrected chi connectivity index (χ3v) is 4.04. The first-order valence-electron chi connectivity index (χ1n) is 9.83. The van der Waals surface area contributed by atoms with Crippen LogP contribution in [-0.2, 0) is 35.1 Å². The summed E-state index contributed by atoms with van der Waals surface area (Å²) in [5.74, 6) is -5.34. The molecule has 0 aliphatic rings. The van der Waals surface area contributed by atoms with E-state index in [-0.39, 0.29) is 17.9 Å². The number of rotatable bonds is 8. The number of aromatic hydroxyl groups is 2. The van der Waals surface area contributed by atoms with Crippen LogP contribution < -0.4 is 5.73 Å². The number of hydrogen-bond donors (Lipinski definition) is 7. The van der Waals surface area contributed by atoms with E-state index in [0.717, 1.165) is 0 Å². The summed E-state index contributed by atoms with van der Waals surface area (Å²) in [6, 6.07) is 4.16. The molecule has 1 aromatic rings. The van der Waals surface area contributed by atoms with Crippen molar-refractivity contribution in [3.05, 3.63) is 23.8 Å². The molecule has 0 aromatic heterocycles. The average Bonchev–Trinajstić information content (AvgIpc) is 2.68. The van der Waals surface area contributed by atoms with E-state index in [4.69, 9.17) is 35.6 Å². The van der Waals surface area contributed by atoms with E-state index < -0.39 is 53.3 Å². The Kier molecular flexibility index (Phi) is 10.9. The van der Waals surface area contributed by atoms with Gasteiger partial charge < -0.3 is 45.8 Å². The van der Waals surface area contributed by atoms with Gasteiger partial charge in [0.25, 0.3) is 0 Å². The first kappa shape index (κ1) is 30.6. The third-order valence-electron chi connectivity index (χ3n) is 4.04. The first-order chi connectivity index (χ1) is 15.3. The van der Waals surface area contributed by atoms with E-state index in [1.165, 1.54) is 32.0 Å². The van der Waals surface area contributed by atoms with Crippen molar-refractivity contribution in [1.29, 1.82) is 0 Å². The van der Waals surface area contributed by atoms with Crippen LogP contribution in [0.5, 0.6) is 11.5 Å².